The minimum absolute atomic E-state index is 0.0284. The van der Waals surface area contributed by atoms with Crippen LogP contribution in [0.25, 0.3) is 0 Å². The third-order valence-corrected chi connectivity index (χ3v) is 6.18. The molecule has 0 spiro atoms. The van der Waals surface area contributed by atoms with Gasteiger partial charge < -0.3 is 9.64 Å². The van der Waals surface area contributed by atoms with Crippen LogP contribution in [0, 0.1) is 0 Å². The number of amides is 1. The smallest absolute Gasteiger partial charge is 0.232 e. The van der Waals surface area contributed by atoms with Crippen LogP contribution in [-0.4, -0.2) is 40.3 Å². The maximum atomic E-state index is 12.8. The van der Waals surface area contributed by atoms with E-state index in [2.05, 4.69) is 0 Å². The van der Waals surface area contributed by atoms with E-state index in [1.165, 1.54) is 16.1 Å². The zero-order valence-corrected chi connectivity index (χ0v) is 17.3. The van der Waals surface area contributed by atoms with Gasteiger partial charge in [-0.25, -0.2) is 8.42 Å². The monoisotopic (exact) mass is 402 g/mol. The van der Waals surface area contributed by atoms with Crippen molar-refractivity contribution in [3.05, 3.63) is 54.1 Å². The summed E-state index contributed by atoms with van der Waals surface area (Å²) in [5.74, 6) is 0.690. The number of carbonyl (C=O) groups is 1. The Kier molecular flexibility index (Phi) is 5.93. The number of benzene rings is 2. The standard InChI is InChI=1S/C21H26N2O4S/c1-16-15-17-7-4-5-8-20(17)23(16)21(24)9-6-14-22(28(3,25)26)18-10-12-19(27-2)13-11-18/h4-5,7-8,10-13,16H,6,9,14-15H2,1-3H3/t16-/m1/s1. The molecule has 1 atom stereocenters. The van der Waals surface area contributed by atoms with Crippen molar-refractivity contribution >= 4 is 27.3 Å². The predicted molar refractivity (Wildman–Crippen MR) is 112 cm³/mol. The number of para-hydroxylation sites is 1. The molecule has 0 aromatic heterocycles. The molecule has 150 valence electrons. The molecular formula is C21H26N2O4S. The average Bonchev–Trinajstić information content (AvgIpc) is 3.00. The number of fused-ring (bicyclic) bond motifs is 1. The Labute approximate surface area is 166 Å². The minimum atomic E-state index is -3.45. The van der Waals surface area contributed by atoms with Crippen molar-refractivity contribution in [2.24, 2.45) is 0 Å². The van der Waals surface area contributed by atoms with Gasteiger partial charge in [-0.15, -0.1) is 0 Å². The number of hydrogen-bond donors (Lipinski definition) is 0. The molecule has 0 saturated heterocycles. The van der Waals surface area contributed by atoms with Gasteiger partial charge in [-0.1, -0.05) is 18.2 Å². The molecule has 1 heterocycles. The summed E-state index contributed by atoms with van der Waals surface area (Å²) in [4.78, 5) is 14.7. The maximum absolute atomic E-state index is 12.8. The molecule has 1 aliphatic heterocycles. The van der Waals surface area contributed by atoms with Crippen molar-refractivity contribution in [2.45, 2.75) is 32.2 Å². The molecule has 0 radical (unpaired) electrons. The third-order valence-electron chi connectivity index (χ3n) is 4.99. The predicted octanol–water partition coefficient (Wildman–Crippen LogP) is 3.22. The Morgan fingerprint density at radius 1 is 1.18 bits per heavy atom. The van der Waals surface area contributed by atoms with Crippen LogP contribution < -0.4 is 13.9 Å². The second kappa shape index (κ2) is 8.22. The normalized spacial score (nSPS) is 16.0. The number of nitrogens with zero attached hydrogens (tertiary/aromatic N) is 2. The van der Waals surface area contributed by atoms with Gasteiger partial charge in [-0.2, -0.15) is 0 Å². The quantitative estimate of drug-likeness (QED) is 0.713. The van der Waals surface area contributed by atoms with Gasteiger partial charge in [-0.3, -0.25) is 9.10 Å². The SMILES string of the molecule is COc1ccc(N(CCCC(=O)N2c3ccccc3C[C@H]2C)S(C)(=O)=O)cc1. The number of rotatable bonds is 7. The number of ether oxygens (including phenoxy) is 1. The van der Waals surface area contributed by atoms with Crippen molar-refractivity contribution in [2.75, 3.05) is 29.1 Å². The number of anilines is 2. The van der Waals surface area contributed by atoms with E-state index in [0.717, 1.165) is 12.1 Å². The highest BCUT2D eigenvalue weighted by molar-refractivity contribution is 7.92. The molecule has 0 unspecified atom stereocenters. The number of carbonyl (C=O) groups excluding carboxylic acids is 1. The van der Waals surface area contributed by atoms with E-state index in [4.69, 9.17) is 4.74 Å². The van der Waals surface area contributed by atoms with Crippen LogP contribution in [0.1, 0.15) is 25.3 Å². The summed E-state index contributed by atoms with van der Waals surface area (Å²) >= 11 is 0. The Hall–Kier alpha value is -2.54. The minimum Gasteiger partial charge on any atom is -0.497 e. The summed E-state index contributed by atoms with van der Waals surface area (Å²) in [6.45, 7) is 2.29. The number of hydrogen-bond acceptors (Lipinski definition) is 4. The molecule has 0 fully saturated rings. The molecule has 0 bridgehead atoms. The van der Waals surface area contributed by atoms with Gasteiger partial charge in [0.05, 0.1) is 19.1 Å². The van der Waals surface area contributed by atoms with Gasteiger partial charge in [0.15, 0.2) is 0 Å². The molecule has 0 saturated carbocycles. The highest BCUT2D eigenvalue weighted by atomic mass is 32.2. The molecule has 0 aliphatic carbocycles. The Balaban J connectivity index is 1.67. The number of sulfonamides is 1. The van der Waals surface area contributed by atoms with Crippen molar-refractivity contribution in [1.82, 2.24) is 0 Å². The molecule has 3 rings (SSSR count). The number of methoxy groups -OCH3 is 1. The van der Waals surface area contributed by atoms with E-state index >= 15 is 0 Å². The van der Waals surface area contributed by atoms with Crippen molar-refractivity contribution < 1.29 is 17.9 Å². The fourth-order valence-corrected chi connectivity index (χ4v) is 4.64. The first kappa shape index (κ1) is 20.2. The zero-order valence-electron chi connectivity index (χ0n) is 16.5. The van der Waals surface area contributed by atoms with Crippen molar-refractivity contribution in [1.29, 1.82) is 0 Å². The summed E-state index contributed by atoms with van der Waals surface area (Å²) in [5.41, 5.74) is 2.71. The fourth-order valence-electron chi connectivity index (χ4n) is 3.67. The third kappa shape index (κ3) is 4.30. The molecule has 6 nitrogen and oxygen atoms in total. The lowest BCUT2D eigenvalue weighted by atomic mass is 10.1. The molecule has 7 heteroatoms. The summed E-state index contributed by atoms with van der Waals surface area (Å²) in [6.07, 6.45) is 2.77. The lowest BCUT2D eigenvalue weighted by molar-refractivity contribution is -0.118. The van der Waals surface area contributed by atoms with Crippen LogP contribution in [0.5, 0.6) is 5.75 Å². The van der Waals surface area contributed by atoms with E-state index in [-0.39, 0.29) is 18.5 Å². The summed E-state index contributed by atoms with van der Waals surface area (Å²) in [7, 11) is -1.88. The molecule has 28 heavy (non-hydrogen) atoms. The first-order valence-electron chi connectivity index (χ1n) is 9.33. The van der Waals surface area contributed by atoms with Gasteiger partial charge >= 0.3 is 0 Å². The first-order chi connectivity index (χ1) is 13.3. The zero-order chi connectivity index (χ0) is 20.3. The topological polar surface area (TPSA) is 66.9 Å². The van der Waals surface area contributed by atoms with Crippen LogP contribution in [-0.2, 0) is 21.2 Å². The second-order valence-corrected chi connectivity index (χ2v) is 8.99. The van der Waals surface area contributed by atoms with Gasteiger partial charge in [0.2, 0.25) is 15.9 Å². The van der Waals surface area contributed by atoms with Gasteiger partial charge in [0, 0.05) is 24.7 Å². The summed E-state index contributed by atoms with van der Waals surface area (Å²) < 4.78 is 30.9. The second-order valence-electron chi connectivity index (χ2n) is 7.08. The lowest BCUT2D eigenvalue weighted by Crippen LogP contribution is -2.36. The fraction of sp³-hybridized carbons (Fsp3) is 0.381. The molecule has 1 aliphatic rings. The van der Waals surface area contributed by atoms with Crippen LogP contribution >= 0.6 is 0 Å². The first-order valence-corrected chi connectivity index (χ1v) is 11.2. The van der Waals surface area contributed by atoms with Gasteiger partial charge in [0.25, 0.3) is 0 Å². The van der Waals surface area contributed by atoms with Crippen LogP contribution in [0.4, 0.5) is 11.4 Å². The van der Waals surface area contributed by atoms with E-state index < -0.39 is 10.0 Å². The molecule has 1 amide bonds. The summed E-state index contributed by atoms with van der Waals surface area (Å²) in [6, 6.07) is 14.9. The average molecular weight is 403 g/mol. The largest absolute Gasteiger partial charge is 0.497 e. The van der Waals surface area contributed by atoms with Crippen molar-refractivity contribution in [3.8, 4) is 5.75 Å². The molecule has 2 aromatic rings. The Morgan fingerprint density at radius 2 is 1.86 bits per heavy atom. The van der Waals surface area contributed by atoms with Crippen LogP contribution in [0.2, 0.25) is 0 Å². The van der Waals surface area contributed by atoms with Crippen molar-refractivity contribution in [3.63, 3.8) is 0 Å². The highest BCUT2D eigenvalue weighted by Crippen LogP contribution is 2.32. The van der Waals surface area contributed by atoms with Crippen LogP contribution in [0.3, 0.4) is 0 Å². The maximum Gasteiger partial charge on any atom is 0.232 e. The van der Waals surface area contributed by atoms with E-state index in [9.17, 15) is 13.2 Å². The van der Waals surface area contributed by atoms with E-state index in [0.29, 0.717) is 24.3 Å². The Morgan fingerprint density at radius 3 is 2.50 bits per heavy atom. The van der Waals surface area contributed by atoms with Gasteiger partial charge in [-0.05, 0) is 55.7 Å². The van der Waals surface area contributed by atoms with E-state index in [1.807, 2.05) is 36.1 Å². The van der Waals surface area contributed by atoms with Crippen LogP contribution in [0.15, 0.2) is 48.5 Å². The molecular weight excluding hydrogens is 376 g/mol. The summed E-state index contributed by atoms with van der Waals surface area (Å²) in [5, 5.41) is 0. The van der Waals surface area contributed by atoms with Gasteiger partial charge in [0.1, 0.15) is 5.75 Å². The highest BCUT2D eigenvalue weighted by Gasteiger charge is 2.30. The molecule has 2 aromatic carbocycles. The Bertz CT molecular complexity index is 941. The van der Waals surface area contributed by atoms with E-state index in [1.54, 1.807) is 31.4 Å². The lowest BCUT2D eigenvalue weighted by Gasteiger charge is -2.25. The molecule has 0 N–H and O–H groups in total.